The SMILES string of the molecule is COC(=O)C(CNC(=O)c1ccc(CCCNc2ccccn2)cc1)NS(=O)(=O)c1c(C)cc(OCCCC(=O)NCCNC(C)(C)C)cc1C. The first-order valence-electron chi connectivity index (χ1n) is 17.1. The fourth-order valence-corrected chi connectivity index (χ4v) is 6.86. The lowest BCUT2D eigenvalue weighted by atomic mass is 10.1. The van der Waals surface area contributed by atoms with Crippen molar-refractivity contribution in [1.82, 2.24) is 25.7 Å². The van der Waals surface area contributed by atoms with Gasteiger partial charge in [0.15, 0.2) is 0 Å². The van der Waals surface area contributed by atoms with Gasteiger partial charge in [-0.25, -0.2) is 13.4 Å². The van der Waals surface area contributed by atoms with E-state index in [9.17, 15) is 22.8 Å². The van der Waals surface area contributed by atoms with Crippen LogP contribution in [0.1, 0.15) is 67.1 Å². The van der Waals surface area contributed by atoms with E-state index < -0.39 is 27.9 Å². The number of hydrogen-bond donors (Lipinski definition) is 5. The van der Waals surface area contributed by atoms with Gasteiger partial charge in [0, 0.05) is 49.9 Å². The molecule has 13 nitrogen and oxygen atoms in total. The lowest BCUT2D eigenvalue weighted by Gasteiger charge is -2.20. The maximum absolute atomic E-state index is 13.5. The zero-order valence-electron chi connectivity index (χ0n) is 30.4. The zero-order chi connectivity index (χ0) is 37.4. The van der Waals surface area contributed by atoms with Crippen molar-refractivity contribution in [3.63, 3.8) is 0 Å². The molecule has 14 heteroatoms. The number of esters is 1. The Morgan fingerprint density at radius 1 is 0.902 bits per heavy atom. The maximum atomic E-state index is 13.5. The van der Waals surface area contributed by atoms with E-state index in [1.807, 2.05) is 30.3 Å². The average molecular weight is 725 g/mol. The Hall–Kier alpha value is -4.53. The van der Waals surface area contributed by atoms with E-state index in [1.165, 1.54) is 0 Å². The zero-order valence-corrected chi connectivity index (χ0v) is 31.2. The second kappa shape index (κ2) is 19.8. The van der Waals surface area contributed by atoms with Gasteiger partial charge in [0.05, 0.1) is 18.6 Å². The Labute approximate surface area is 301 Å². The average Bonchev–Trinajstić information content (AvgIpc) is 3.08. The Balaban J connectivity index is 1.50. The van der Waals surface area contributed by atoms with Crippen LogP contribution in [-0.4, -0.2) is 82.7 Å². The lowest BCUT2D eigenvalue weighted by molar-refractivity contribution is -0.142. The fraction of sp³-hybridized carbons (Fsp3) is 0.459. The van der Waals surface area contributed by atoms with E-state index >= 15 is 0 Å². The molecule has 0 spiro atoms. The standard InChI is InChI=1S/C37H52N6O7S/c1-26-23-30(50-22-10-13-33(44)40-20-21-42-37(3,4)5)24-27(2)34(26)51(47,48)43-31(36(46)49-6)25-41-35(45)29-16-14-28(15-17-29)11-9-19-39-32-12-7-8-18-38-32/h7-8,12,14-18,23-24,31,42-43H,9-11,13,19-22,25H2,1-6H3,(H,38,39)(H,40,44)(H,41,45). The Kier molecular flexibility index (Phi) is 15.8. The molecule has 5 N–H and O–H groups in total. The van der Waals surface area contributed by atoms with Crippen molar-refractivity contribution in [2.45, 2.75) is 76.8 Å². The number of hydrogen-bond acceptors (Lipinski definition) is 10. The minimum absolute atomic E-state index is 0.0101. The number of aryl methyl sites for hydroxylation is 3. The number of pyridine rings is 1. The third-order valence-corrected chi connectivity index (χ3v) is 9.48. The summed E-state index contributed by atoms with van der Waals surface area (Å²) in [6.07, 6.45) is 4.18. The van der Waals surface area contributed by atoms with Gasteiger partial charge in [-0.15, -0.1) is 0 Å². The highest BCUT2D eigenvalue weighted by Gasteiger charge is 2.29. The van der Waals surface area contributed by atoms with Crippen LogP contribution in [0.3, 0.4) is 0 Å². The second-order valence-corrected chi connectivity index (χ2v) is 14.9. The number of carbonyl (C=O) groups excluding carboxylic acids is 3. The summed E-state index contributed by atoms with van der Waals surface area (Å²) >= 11 is 0. The summed E-state index contributed by atoms with van der Waals surface area (Å²) in [6, 6.07) is 14.6. The van der Waals surface area contributed by atoms with E-state index in [0.29, 0.717) is 48.4 Å². The molecule has 3 aromatic rings. The maximum Gasteiger partial charge on any atom is 0.325 e. The van der Waals surface area contributed by atoms with Crippen LogP contribution < -0.4 is 30.7 Å². The minimum atomic E-state index is -4.22. The van der Waals surface area contributed by atoms with E-state index in [0.717, 1.165) is 37.9 Å². The molecule has 51 heavy (non-hydrogen) atoms. The Morgan fingerprint density at radius 3 is 2.24 bits per heavy atom. The van der Waals surface area contributed by atoms with Crippen LogP contribution in [0, 0.1) is 13.8 Å². The number of rotatable bonds is 20. The molecule has 1 aromatic heterocycles. The quantitative estimate of drug-likeness (QED) is 0.0854. The molecule has 3 rings (SSSR count). The molecule has 278 valence electrons. The van der Waals surface area contributed by atoms with Gasteiger partial charge in [0.1, 0.15) is 17.6 Å². The summed E-state index contributed by atoms with van der Waals surface area (Å²) in [7, 11) is -3.08. The van der Waals surface area contributed by atoms with Crippen LogP contribution in [0.15, 0.2) is 65.7 Å². The highest BCUT2D eigenvalue weighted by Crippen LogP contribution is 2.26. The first kappa shape index (κ1) is 40.9. The molecule has 0 saturated carbocycles. The van der Waals surface area contributed by atoms with Crippen LogP contribution in [0.25, 0.3) is 0 Å². The van der Waals surface area contributed by atoms with Gasteiger partial charge in [-0.2, -0.15) is 4.72 Å². The van der Waals surface area contributed by atoms with Crippen LogP contribution >= 0.6 is 0 Å². The van der Waals surface area contributed by atoms with E-state index in [4.69, 9.17) is 9.47 Å². The third kappa shape index (κ3) is 14.3. The summed E-state index contributed by atoms with van der Waals surface area (Å²) in [6.45, 7) is 11.3. The first-order valence-corrected chi connectivity index (χ1v) is 18.5. The van der Waals surface area contributed by atoms with Gasteiger partial charge in [-0.05, 0) is 107 Å². The van der Waals surface area contributed by atoms with Crippen molar-refractivity contribution in [3.8, 4) is 5.75 Å². The molecule has 1 atom stereocenters. The first-order chi connectivity index (χ1) is 24.2. The number of amides is 2. The van der Waals surface area contributed by atoms with Crippen LogP contribution in [-0.2, 0) is 30.8 Å². The molecule has 0 aliphatic carbocycles. The largest absolute Gasteiger partial charge is 0.494 e. The van der Waals surface area contributed by atoms with Crippen LogP contribution in [0.5, 0.6) is 5.75 Å². The number of anilines is 1. The molecule has 1 heterocycles. The van der Waals surface area contributed by atoms with Gasteiger partial charge in [-0.1, -0.05) is 18.2 Å². The third-order valence-electron chi connectivity index (χ3n) is 7.70. The van der Waals surface area contributed by atoms with Crippen LogP contribution in [0.2, 0.25) is 0 Å². The number of carbonyl (C=O) groups is 3. The molecule has 0 aliphatic rings. The van der Waals surface area contributed by atoms with Crippen molar-refractivity contribution >= 4 is 33.6 Å². The second-order valence-electron chi connectivity index (χ2n) is 13.2. The minimum Gasteiger partial charge on any atom is -0.494 e. The molecule has 0 bridgehead atoms. The molecule has 0 fully saturated rings. The Bertz CT molecular complexity index is 1670. The predicted molar refractivity (Wildman–Crippen MR) is 197 cm³/mol. The molecular weight excluding hydrogens is 673 g/mol. The van der Waals surface area contributed by atoms with Crippen LogP contribution in [0.4, 0.5) is 5.82 Å². The van der Waals surface area contributed by atoms with Gasteiger partial charge >= 0.3 is 5.97 Å². The highest BCUT2D eigenvalue weighted by atomic mass is 32.2. The summed E-state index contributed by atoms with van der Waals surface area (Å²) in [4.78, 5) is 41.9. The number of benzene rings is 2. The van der Waals surface area contributed by atoms with E-state index in [2.05, 4.69) is 51.7 Å². The molecule has 0 aliphatic heterocycles. The number of sulfonamides is 1. The number of nitrogens with one attached hydrogen (secondary N) is 5. The summed E-state index contributed by atoms with van der Waals surface area (Å²) in [5, 5.41) is 12.1. The normalized spacial score (nSPS) is 12.1. The number of nitrogens with zero attached hydrogens (tertiary/aromatic N) is 1. The van der Waals surface area contributed by atoms with E-state index in [-0.39, 0.29) is 29.5 Å². The smallest absolute Gasteiger partial charge is 0.325 e. The number of methoxy groups -OCH3 is 1. The Morgan fingerprint density at radius 2 is 1.61 bits per heavy atom. The van der Waals surface area contributed by atoms with Crippen molar-refractivity contribution in [2.24, 2.45) is 0 Å². The van der Waals surface area contributed by atoms with Crippen molar-refractivity contribution in [3.05, 3.63) is 83.0 Å². The number of aromatic nitrogens is 1. The summed E-state index contributed by atoms with van der Waals surface area (Å²) in [5.74, 6) is -0.104. The molecule has 2 amide bonds. The highest BCUT2D eigenvalue weighted by molar-refractivity contribution is 7.89. The van der Waals surface area contributed by atoms with Gasteiger partial charge in [0.2, 0.25) is 15.9 Å². The lowest BCUT2D eigenvalue weighted by Crippen LogP contribution is -2.49. The van der Waals surface area contributed by atoms with Gasteiger partial charge < -0.3 is 30.7 Å². The summed E-state index contributed by atoms with van der Waals surface area (Å²) < 4.78 is 40.1. The molecule has 0 radical (unpaired) electrons. The van der Waals surface area contributed by atoms with Crippen molar-refractivity contribution < 1.29 is 32.3 Å². The molecular formula is C37H52N6O7S. The van der Waals surface area contributed by atoms with Crippen molar-refractivity contribution in [2.75, 3.05) is 45.2 Å². The topological polar surface area (TPSA) is 177 Å². The van der Waals surface area contributed by atoms with E-state index in [1.54, 1.807) is 44.3 Å². The molecule has 1 unspecified atom stereocenters. The molecule has 0 saturated heterocycles. The summed E-state index contributed by atoms with van der Waals surface area (Å²) in [5.41, 5.74) is 2.21. The predicted octanol–water partition coefficient (Wildman–Crippen LogP) is 3.66. The number of ether oxygens (including phenoxy) is 2. The fourth-order valence-electron chi connectivity index (χ4n) is 5.23. The monoisotopic (exact) mass is 724 g/mol. The van der Waals surface area contributed by atoms with Crippen molar-refractivity contribution in [1.29, 1.82) is 0 Å². The van der Waals surface area contributed by atoms with Gasteiger partial charge in [0.25, 0.3) is 5.91 Å². The van der Waals surface area contributed by atoms with Gasteiger partial charge in [-0.3, -0.25) is 14.4 Å². The molecule has 2 aromatic carbocycles.